The van der Waals surface area contributed by atoms with Crippen molar-refractivity contribution in [1.29, 1.82) is 0 Å². The molecular formula is C15H15FN2O2S. The third-order valence-corrected chi connectivity index (χ3v) is 4.18. The molecule has 0 aliphatic heterocycles. The predicted octanol–water partition coefficient (Wildman–Crippen LogP) is 2.85. The lowest BCUT2D eigenvalue weighted by Crippen LogP contribution is -2.28. The van der Waals surface area contributed by atoms with Crippen LogP contribution in [0.3, 0.4) is 0 Å². The predicted molar refractivity (Wildman–Crippen MR) is 77.8 cm³/mol. The number of nitrogens with one attached hydrogen (secondary N) is 1. The minimum Gasteiger partial charge on any atom is -0.484 e. The van der Waals surface area contributed by atoms with Gasteiger partial charge in [-0.3, -0.25) is 4.79 Å². The SMILES string of the molecule is O=C(COc1cccc(F)c1)NCc1csc(C2CC2)n1. The quantitative estimate of drug-likeness (QED) is 0.893. The average molecular weight is 306 g/mol. The summed E-state index contributed by atoms with van der Waals surface area (Å²) in [5, 5.41) is 5.88. The maximum absolute atomic E-state index is 12.9. The van der Waals surface area contributed by atoms with Crippen molar-refractivity contribution in [1.82, 2.24) is 10.3 Å². The molecule has 1 N–H and O–H groups in total. The fraction of sp³-hybridized carbons (Fsp3) is 0.333. The Hall–Kier alpha value is -1.95. The maximum Gasteiger partial charge on any atom is 0.258 e. The third kappa shape index (κ3) is 4.01. The molecule has 1 saturated carbocycles. The Morgan fingerprint density at radius 1 is 1.48 bits per heavy atom. The van der Waals surface area contributed by atoms with Gasteiger partial charge in [0, 0.05) is 17.4 Å². The first kappa shape index (κ1) is 14.0. The summed E-state index contributed by atoms with van der Waals surface area (Å²) < 4.78 is 18.2. The number of amides is 1. The maximum atomic E-state index is 12.9. The molecule has 3 rings (SSSR count). The topological polar surface area (TPSA) is 51.2 Å². The number of aromatic nitrogens is 1. The van der Waals surface area contributed by atoms with Crippen LogP contribution in [-0.4, -0.2) is 17.5 Å². The fourth-order valence-electron chi connectivity index (χ4n) is 1.87. The van der Waals surface area contributed by atoms with Gasteiger partial charge in [0.15, 0.2) is 6.61 Å². The number of hydrogen-bond acceptors (Lipinski definition) is 4. The molecule has 0 radical (unpaired) electrons. The molecule has 4 nitrogen and oxygen atoms in total. The zero-order chi connectivity index (χ0) is 14.7. The van der Waals surface area contributed by atoms with E-state index in [1.54, 1.807) is 17.4 Å². The monoisotopic (exact) mass is 306 g/mol. The zero-order valence-electron chi connectivity index (χ0n) is 11.3. The molecule has 21 heavy (non-hydrogen) atoms. The van der Waals surface area contributed by atoms with E-state index in [0.717, 1.165) is 10.7 Å². The zero-order valence-corrected chi connectivity index (χ0v) is 12.2. The van der Waals surface area contributed by atoms with Crippen LogP contribution in [0.1, 0.15) is 29.5 Å². The Morgan fingerprint density at radius 2 is 2.33 bits per heavy atom. The van der Waals surface area contributed by atoms with E-state index < -0.39 is 0 Å². The summed E-state index contributed by atoms with van der Waals surface area (Å²) in [5.41, 5.74) is 0.876. The van der Waals surface area contributed by atoms with Gasteiger partial charge in [-0.25, -0.2) is 9.37 Å². The molecule has 0 atom stereocenters. The molecule has 1 amide bonds. The van der Waals surface area contributed by atoms with E-state index in [1.165, 1.54) is 31.0 Å². The molecule has 2 aromatic rings. The van der Waals surface area contributed by atoms with Crippen molar-refractivity contribution in [3.8, 4) is 5.75 Å². The third-order valence-electron chi connectivity index (χ3n) is 3.13. The van der Waals surface area contributed by atoms with E-state index in [4.69, 9.17) is 4.74 Å². The summed E-state index contributed by atoms with van der Waals surface area (Å²) >= 11 is 1.65. The molecular weight excluding hydrogens is 291 g/mol. The minimum atomic E-state index is -0.386. The Labute approximate surface area is 126 Å². The lowest BCUT2D eigenvalue weighted by molar-refractivity contribution is -0.123. The number of hydrogen-bond donors (Lipinski definition) is 1. The van der Waals surface area contributed by atoms with Crippen molar-refractivity contribution in [2.75, 3.05) is 6.61 Å². The Balaban J connectivity index is 1.43. The molecule has 1 heterocycles. The molecule has 1 aliphatic rings. The standard InChI is InChI=1S/C15H15FN2O2S/c16-11-2-1-3-13(6-11)20-8-14(19)17-7-12-9-21-15(18-12)10-4-5-10/h1-3,6,9-10H,4-5,7-8H2,(H,17,19). The van der Waals surface area contributed by atoms with Gasteiger partial charge in [-0.15, -0.1) is 11.3 Å². The van der Waals surface area contributed by atoms with Gasteiger partial charge >= 0.3 is 0 Å². The first-order chi connectivity index (χ1) is 10.2. The van der Waals surface area contributed by atoms with Crippen molar-refractivity contribution < 1.29 is 13.9 Å². The van der Waals surface area contributed by atoms with Crippen LogP contribution in [0.2, 0.25) is 0 Å². The second-order valence-corrected chi connectivity index (χ2v) is 5.86. The number of ether oxygens (including phenoxy) is 1. The fourth-order valence-corrected chi connectivity index (χ4v) is 2.86. The van der Waals surface area contributed by atoms with E-state index in [1.807, 2.05) is 5.38 Å². The van der Waals surface area contributed by atoms with Crippen LogP contribution in [-0.2, 0) is 11.3 Å². The average Bonchev–Trinajstić information content (AvgIpc) is 3.22. The highest BCUT2D eigenvalue weighted by Gasteiger charge is 2.26. The molecule has 1 fully saturated rings. The Kier molecular flexibility index (Phi) is 4.15. The van der Waals surface area contributed by atoms with Crippen LogP contribution in [0.15, 0.2) is 29.6 Å². The molecule has 1 aromatic heterocycles. The highest BCUT2D eigenvalue weighted by atomic mass is 32.1. The van der Waals surface area contributed by atoms with Crippen molar-refractivity contribution in [2.45, 2.75) is 25.3 Å². The lowest BCUT2D eigenvalue weighted by Gasteiger charge is -2.06. The van der Waals surface area contributed by atoms with Gasteiger partial charge in [-0.1, -0.05) is 6.07 Å². The normalized spacial score (nSPS) is 14.0. The molecule has 0 spiro atoms. The summed E-state index contributed by atoms with van der Waals surface area (Å²) in [4.78, 5) is 16.2. The van der Waals surface area contributed by atoms with Crippen molar-refractivity contribution in [2.24, 2.45) is 0 Å². The van der Waals surface area contributed by atoms with Gasteiger partial charge in [0.05, 0.1) is 17.2 Å². The molecule has 1 aromatic carbocycles. The molecule has 0 saturated heterocycles. The summed E-state index contributed by atoms with van der Waals surface area (Å²) in [7, 11) is 0. The Bertz CT molecular complexity index is 640. The van der Waals surface area contributed by atoms with Crippen LogP contribution in [0.25, 0.3) is 0 Å². The van der Waals surface area contributed by atoms with Crippen molar-refractivity contribution in [3.63, 3.8) is 0 Å². The van der Waals surface area contributed by atoms with Crippen LogP contribution in [0, 0.1) is 5.82 Å². The second kappa shape index (κ2) is 6.22. The van der Waals surface area contributed by atoms with E-state index in [-0.39, 0.29) is 18.3 Å². The van der Waals surface area contributed by atoms with E-state index >= 15 is 0 Å². The van der Waals surface area contributed by atoms with E-state index in [9.17, 15) is 9.18 Å². The van der Waals surface area contributed by atoms with Crippen LogP contribution >= 0.6 is 11.3 Å². The molecule has 0 unspecified atom stereocenters. The van der Waals surface area contributed by atoms with Gasteiger partial charge < -0.3 is 10.1 Å². The summed E-state index contributed by atoms with van der Waals surface area (Å²) in [6.45, 7) is 0.262. The van der Waals surface area contributed by atoms with Gasteiger partial charge in [-0.2, -0.15) is 0 Å². The number of halogens is 1. The van der Waals surface area contributed by atoms with Gasteiger partial charge in [0.2, 0.25) is 0 Å². The number of rotatable bonds is 6. The molecule has 110 valence electrons. The number of nitrogens with zero attached hydrogens (tertiary/aromatic N) is 1. The number of carbonyl (C=O) groups excluding carboxylic acids is 1. The van der Waals surface area contributed by atoms with Gasteiger partial charge in [0.1, 0.15) is 11.6 Å². The van der Waals surface area contributed by atoms with E-state index in [2.05, 4.69) is 10.3 Å². The van der Waals surface area contributed by atoms with Crippen LogP contribution < -0.4 is 10.1 Å². The van der Waals surface area contributed by atoms with Crippen molar-refractivity contribution in [3.05, 3.63) is 46.2 Å². The lowest BCUT2D eigenvalue weighted by atomic mass is 10.3. The van der Waals surface area contributed by atoms with Gasteiger partial charge in [-0.05, 0) is 25.0 Å². The molecule has 1 aliphatic carbocycles. The minimum absolute atomic E-state index is 0.136. The smallest absolute Gasteiger partial charge is 0.258 e. The second-order valence-electron chi connectivity index (χ2n) is 4.97. The molecule has 6 heteroatoms. The Morgan fingerprint density at radius 3 is 3.10 bits per heavy atom. The first-order valence-electron chi connectivity index (χ1n) is 6.80. The highest BCUT2D eigenvalue weighted by molar-refractivity contribution is 7.09. The molecule has 0 bridgehead atoms. The largest absolute Gasteiger partial charge is 0.484 e. The number of benzene rings is 1. The summed E-state index contributed by atoms with van der Waals surface area (Å²) in [6, 6.07) is 5.72. The van der Waals surface area contributed by atoms with Crippen molar-refractivity contribution >= 4 is 17.2 Å². The van der Waals surface area contributed by atoms with Crippen LogP contribution in [0.4, 0.5) is 4.39 Å². The van der Waals surface area contributed by atoms with E-state index in [0.29, 0.717) is 18.2 Å². The number of carbonyl (C=O) groups is 1. The highest BCUT2D eigenvalue weighted by Crippen LogP contribution is 2.41. The summed E-state index contributed by atoms with van der Waals surface area (Å²) in [5.74, 6) is 0.341. The van der Waals surface area contributed by atoms with Crippen LogP contribution in [0.5, 0.6) is 5.75 Å². The number of thiazole rings is 1. The first-order valence-corrected chi connectivity index (χ1v) is 7.68. The van der Waals surface area contributed by atoms with Gasteiger partial charge in [0.25, 0.3) is 5.91 Å². The summed E-state index contributed by atoms with van der Waals surface area (Å²) in [6.07, 6.45) is 2.45.